The van der Waals surface area contributed by atoms with Crippen molar-refractivity contribution in [2.24, 2.45) is 0 Å². The number of epoxide rings is 1. The molecular formula is C15H20O4S. The van der Waals surface area contributed by atoms with Crippen molar-refractivity contribution in [3.05, 3.63) is 40.8 Å². The zero-order chi connectivity index (χ0) is 14.9. The van der Waals surface area contributed by atoms with E-state index in [1.807, 2.05) is 13.8 Å². The average molecular weight is 296 g/mol. The Hall–Kier alpha value is -1.17. The maximum atomic E-state index is 12.6. The highest BCUT2D eigenvalue weighted by molar-refractivity contribution is 7.95. The summed E-state index contributed by atoms with van der Waals surface area (Å²) in [6.07, 6.45) is 0.679. The summed E-state index contributed by atoms with van der Waals surface area (Å²) in [6.45, 7) is 5.52. The Labute approximate surface area is 120 Å². The molecule has 0 aliphatic carbocycles. The van der Waals surface area contributed by atoms with Gasteiger partial charge < -0.3 is 9.84 Å². The third-order valence-corrected chi connectivity index (χ3v) is 5.36. The minimum Gasteiger partial charge on any atom is -0.388 e. The van der Waals surface area contributed by atoms with Crippen molar-refractivity contribution in [1.82, 2.24) is 0 Å². The zero-order valence-corrected chi connectivity index (χ0v) is 12.7. The Morgan fingerprint density at radius 3 is 2.40 bits per heavy atom. The van der Waals surface area contributed by atoms with E-state index < -0.39 is 15.9 Å². The minimum atomic E-state index is -3.68. The summed E-state index contributed by atoms with van der Waals surface area (Å²) in [7, 11) is -3.68. The number of ether oxygens (including phenoxy) is 1. The van der Waals surface area contributed by atoms with Crippen LogP contribution in [0.1, 0.15) is 25.8 Å². The van der Waals surface area contributed by atoms with Gasteiger partial charge in [0, 0.05) is 0 Å². The molecule has 1 heterocycles. The van der Waals surface area contributed by atoms with Crippen LogP contribution in [0, 0.1) is 6.92 Å². The van der Waals surface area contributed by atoms with E-state index in [1.54, 1.807) is 31.2 Å². The molecule has 3 atom stereocenters. The van der Waals surface area contributed by atoms with Gasteiger partial charge in [0.15, 0.2) is 0 Å². The van der Waals surface area contributed by atoms with Gasteiger partial charge >= 0.3 is 0 Å². The topological polar surface area (TPSA) is 66.9 Å². The quantitative estimate of drug-likeness (QED) is 0.846. The van der Waals surface area contributed by atoms with Crippen molar-refractivity contribution in [1.29, 1.82) is 0 Å². The first-order chi connectivity index (χ1) is 9.36. The number of sulfone groups is 1. The maximum Gasteiger partial charge on any atom is 0.205 e. The van der Waals surface area contributed by atoms with Gasteiger partial charge in [0.05, 0.1) is 22.0 Å². The molecule has 1 aromatic carbocycles. The second-order valence-corrected chi connectivity index (χ2v) is 7.07. The molecule has 110 valence electrons. The Balaban J connectivity index is 2.41. The number of aliphatic hydroxyl groups excluding tert-OH is 1. The summed E-state index contributed by atoms with van der Waals surface area (Å²) in [5.41, 5.74) is 0.990. The Morgan fingerprint density at radius 2 is 1.95 bits per heavy atom. The molecule has 4 nitrogen and oxygen atoms in total. The number of rotatable bonds is 5. The molecule has 1 aliphatic rings. The van der Waals surface area contributed by atoms with Gasteiger partial charge in [-0.05, 0) is 38.5 Å². The van der Waals surface area contributed by atoms with E-state index in [-0.39, 0.29) is 22.0 Å². The fourth-order valence-electron chi connectivity index (χ4n) is 1.97. The lowest BCUT2D eigenvalue weighted by Crippen LogP contribution is -2.19. The average Bonchev–Trinajstić information content (AvgIpc) is 3.11. The van der Waals surface area contributed by atoms with Crippen LogP contribution in [-0.2, 0) is 14.6 Å². The van der Waals surface area contributed by atoms with E-state index in [2.05, 4.69) is 0 Å². The van der Waals surface area contributed by atoms with Gasteiger partial charge in [-0.25, -0.2) is 8.42 Å². The van der Waals surface area contributed by atoms with Crippen molar-refractivity contribution in [2.75, 3.05) is 0 Å². The predicted octanol–water partition coefficient (Wildman–Crippen LogP) is 2.21. The molecule has 0 aromatic heterocycles. The van der Waals surface area contributed by atoms with Crippen LogP contribution in [0.5, 0.6) is 0 Å². The number of aliphatic hydroxyl groups is 1. The molecule has 0 saturated carbocycles. The highest BCUT2D eigenvalue weighted by atomic mass is 32.2. The van der Waals surface area contributed by atoms with Crippen LogP contribution in [0.4, 0.5) is 0 Å². The lowest BCUT2D eigenvalue weighted by atomic mass is 10.2. The van der Waals surface area contributed by atoms with Gasteiger partial charge in [0.25, 0.3) is 0 Å². The molecule has 20 heavy (non-hydrogen) atoms. The van der Waals surface area contributed by atoms with Gasteiger partial charge in [-0.1, -0.05) is 24.6 Å². The SMILES string of the molecule is CC[C@H](O)/C(=C\[C@@H]1O[C@H]1C)S(=O)(=O)c1ccc(C)cc1. The second kappa shape index (κ2) is 5.68. The van der Waals surface area contributed by atoms with Crippen molar-refractivity contribution in [3.63, 3.8) is 0 Å². The fraction of sp³-hybridized carbons (Fsp3) is 0.467. The summed E-state index contributed by atoms with van der Waals surface area (Å²) in [4.78, 5) is 0.244. The van der Waals surface area contributed by atoms with Crippen LogP contribution in [-0.4, -0.2) is 31.8 Å². The van der Waals surface area contributed by atoms with Gasteiger partial charge in [-0.3, -0.25) is 0 Å². The Bertz CT molecular complexity index is 601. The number of aryl methyl sites for hydroxylation is 1. The number of hydrogen-bond acceptors (Lipinski definition) is 4. The van der Waals surface area contributed by atoms with Crippen LogP contribution < -0.4 is 0 Å². The number of hydrogen-bond donors (Lipinski definition) is 1. The molecule has 0 spiro atoms. The molecule has 0 amide bonds. The highest BCUT2D eigenvalue weighted by Gasteiger charge is 2.36. The van der Waals surface area contributed by atoms with E-state index in [4.69, 9.17) is 4.74 Å². The molecule has 1 aliphatic heterocycles. The molecule has 1 aromatic rings. The molecular weight excluding hydrogens is 276 g/mol. The molecule has 5 heteroatoms. The summed E-state index contributed by atoms with van der Waals surface area (Å²) in [5, 5.41) is 10.0. The first kappa shape index (κ1) is 15.2. The molecule has 1 fully saturated rings. The van der Waals surface area contributed by atoms with Crippen molar-refractivity contribution < 1.29 is 18.3 Å². The molecule has 0 bridgehead atoms. The molecule has 2 rings (SSSR count). The van der Waals surface area contributed by atoms with Crippen molar-refractivity contribution in [2.45, 2.75) is 50.4 Å². The lowest BCUT2D eigenvalue weighted by Gasteiger charge is -2.14. The fourth-order valence-corrected chi connectivity index (χ4v) is 3.58. The van der Waals surface area contributed by atoms with Crippen LogP contribution in [0.2, 0.25) is 0 Å². The molecule has 0 unspecified atom stereocenters. The first-order valence-corrected chi connectivity index (χ1v) is 8.21. The van der Waals surface area contributed by atoms with Gasteiger partial charge in [0.2, 0.25) is 9.84 Å². The monoisotopic (exact) mass is 296 g/mol. The van der Waals surface area contributed by atoms with E-state index in [1.165, 1.54) is 6.08 Å². The van der Waals surface area contributed by atoms with Crippen LogP contribution in [0.25, 0.3) is 0 Å². The van der Waals surface area contributed by atoms with Gasteiger partial charge in [-0.2, -0.15) is 0 Å². The lowest BCUT2D eigenvalue weighted by molar-refractivity contribution is 0.213. The first-order valence-electron chi connectivity index (χ1n) is 6.73. The van der Waals surface area contributed by atoms with Crippen LogP contribution in [0.15, 0.2) is 40.1 Å². The number of benzene rings is 1. The Kier molecular flexibility index (Phi) is 4.32. The van der Waals surface area contributed by atoms with E-state index in [0.717, 1.165) is 5.56 Å². The third-order valence-electron chi connectivity index (χ3n) is 3.44. The van der Waals surface area contributed by atoms with Gasteiger partial charge in [-0.15, -0.1) is 0 Å². The third kappa shape index (κ3) is 3.11. The minimum absolute atomic E-state index is 0.0160. The molecule has 1 saturated heterocycles. The summed E-state index contributed by atoms with van der Waals surface area (Å²) >= 11 is 0. The van der Waals surface area contributed by atoms with Crippen LogP contribution >= 0.6 is 0 Å². The van der Waals surface area contributed by atoms with Crippen LogP contribution in [0.3, 0.4) is 0 Å². The van der Waals surface area contributed by atoms with E-state index in [0.29, 0.717) is 6.42 Å². The zero-order valence-electron chi connectivity index (χ0n) is 11.9. The second-order valence-electron chi connectivity index (χ2n) is 5.12. The predicted molar refractivity (Wildman–Crippen MR) is 77.1 cm³/mol. The highest BCUT2D eigenvalue weighted by Crippen LogP contribution is 2.30. The normalized spacial score (nSPS) is 24.5. The molecule has 1 N–H and O–H groups in total. The molecule has 0 radical (unpaired) electrons. The summed E-state index contributed by atoms with van der Waals surface area (Å²) in [5.74, 6) is 0. The summed E-state index contributed by atoms with van der Waals surface area (Å²) < 4.78 is 30.5. The van der Waals surface area contributed by atoms with E-state index >= 15 is 0 Å². The van der Waals surface area contributed by atoms with Gasteiger partial charge in [0.1, 0.15) is 6.10 Å². The standard InChI is InChI=1S/C15H20O4S/c1-4-13(16)15(9-14-11(3)19-14)20(17,18)12-7-5-10(2)6-8-12/h5-9,11,13-14,16H,4H2,1-3H3/b15-9+/t11-,13-,14-/m0/s1. The van der Waals surface area contributed by atoms with E-state index in [9.17, 15) is 13.5 Å². The largest absolute Gasteiger partial charge is 0.388 e. The van der Waals surface area contributed by atoms with Crippen molar-refractivity contribution >= 4 is 9.84 Å². The Morgan fingerprint density at radius 1 is 1.40 bits per heavy atom. The summed E-state index contributed by atoms with van der Waals surface area (Å²) in [6, 6.07) is 6.63. The smallest absolute Gasteiger partial charge is 0.205 e. The maximum absolute atomic E-state index is 12.6. The van der Waals surface area contributed by atoms with Crippen molar-refractivity contribution in [3.8, 4) is 0 Å².